The Hall–Kier alpha value is -3.18. The van der Waals surface area contributed by atoms with Gasteiger partial charge in [0.15, 0.2) is 0 Å². The second kappa shape index (κ2) is 8.45. The molecule has 0 aliphatic carbocycles. The van der Waals surface area contributed by atoms with Gasteiger partial charge in [0, 0.05) is 37.3 Å². The minimum absolute atomic E-state index is 0.00470. The average molecular weight is 420 g/mol. The van der Waals surface area contributed by atoms with Gasteiger partial charge in [0.1, 0.15) is 0 Å². The Morgan fingerprint density at radius 1 is 1.14 bits per heavy atom. The molecule has 1 heterocycles. The molecule has 1 aliphatic rings. The van der Waals surface area contributed by atoms with Crippen molar-refractivity contribution in [3.63, 3.8) is 0 Å². The highest BCUT2D eigenvalue weighted by atomic mass is 32.2. The number of nitrogens with one attached hydrogen (secondary N) is 2. The maximum Gasteiger partial charge on any atom is 0.271 e. The first-order chi connectivity index (χ1) is 13.8. The zero-order valence-corrected chi connectivity index (χ0v) is 16.2. The molecule has 0 aromatic heterocycles. The number of hydrogen-bond donors (Lipinski definition) is 3. The summed E-state index contributed by atoms with van der Waals surface area (Å²) in [6.07, 6.45) is 1.23. The van der Waals surface area contributed by atoms with E-state index in [0.29, 0.717) is 24.3 Å². The summed E-state index contributed by atoms with van der Waals surface area (Å²) in [6.45, 7) is 0.543. The van der Waals surface area contributed by atoms with E-state index in [-0.39, 0.29) is 35.3 Å². The molecule has 29 heavy (non-hydrogen) atoms. The normalized spacial score (nSPS) is 14.1. The Kier molecular flexibility index (Phi) is 5.99. The Balaban J connectivity index is 1.87. The van der Waals surface area contributed by atoms with Crippen molar-refractivity contribution in [2.45, 2.75) is 17.7 Å². The van der Waals surface area contributed by atoms with E-state index in [1.807, 2.05) is 0 Å². The summed E-state index contributed by atoms with van der Waals surface area (Å²) in [5.74, 6) is -0.00470. The fraction of sp³-hybridized carbons (Fsp3) is 0.278. The molecule has 0 spiro atoms. The van der Waals surface area contributed by atoms with Crippen LogP contribution in [0.5, 0.6) is 0 Å². The lowest BCUT2D eigenvalue weighted by Crippen LogP contribution is -2.23. The monoisotopic (exact) mass is 420 g/mol. The van der Waals surface area contributed by atoms with Crippen LogP contribution in [0.2, 0.25) is 0 Å². The highest BCUT2D eigenvalue weighted by Gasteiger charge is 2.23. The molecule has 154 valence electrons. The number of nitro groups is 1. The van der Waals surface area contributed by atoms with Gasteiger partial charge in [-0.05, 0) is 36.8 Å². The van der Waals surface area contributed by atoms with E-state index in [9.17, 15) is 23.3 Å². The number of carbonyl (C=O) groups excluding carboxylic acids is 1. The summed E-state index contributed by atoms with van der Waals surface area (Å²) in [5.41, 5.74) is 0.631. The predicted molar refractivity (Wildman–Crippen MR) is 108 cm³/mol. The Morgan fingerprint density at radius 3 is 2.45 bits per heavy atom. The van der Waals surface area contributed by atoms with Gasteiger partial charge in [0.25, 0.3) is 15.7 Å². The van der Waals surface area contributed by atoms with Crippen LogP contribution in [0.1, 0.15) is 12.8 Å². The molecule has 0 bridgehead atoms. The quantitative estimate of drug-likeness (QED) is 0.437. The zero-order chi connectivity index (χ0) is 21.0. The molecule has 2 aromatic rings. The molecule has 3 N–H and O–H groups in total. The largest absolute Gasteiger partial charge is 0.395 e. The van der Waals surface area contributed by atoms with Crippen LogP contribution < -0.4 is 14.9 Å². The Labute approximate surface area is 167 Å². The fourth-order valence-electron chi connectivity index (χ4n) is 3.01. The van der Waals surface area contributed by atoms with Crippen molar-refractivity contribution in [1.29, 1.82) is 0 Å². The van der Waals surface area contributed by atoms with Crippen molar-refractivity contribution in [3.8, 4) is 0 Å². The van der Waals surface area contributed by atoms with Crippen molar-refractivity contribution in [3.05, 3.63) is 52.6 Å². The Bertz CT molecular complexity index is 1020. The molecule has 10 nitrogen and oxygen atoms in total. The molecule has 0 atom stereocenters. The van der Waals surface area contributed by atoms with Crippen molar-refractivity contribution in [2.75, 3.05) is 34.6 Å². The molecule has 1 aliphatic heterocycles. The van der Waals surface area contributed by atoms with E-state index < -0.39 is 14.9 Å². The lowest BCUT2D eigenvalue weighted by atomic mass is 10.2. The van der Waals surface area contributed by atoms with Gasteiger partial charge in [0.2, 0.25) is 5.91 Å². The number of aliphatic hydroxyl groups excluding tert-OH is 1. The van der Waals surface area contributed by atoms with Gasteiger partial charge >= 0.3 is 0 Å². The number of carbonyl (C=O) groups is 1. The second-order valence-electron chi connectivity index (χ2n) is 6.39. The van der Waals surface area contributed by atoms with Crippen LogP contribution in [0.3, 0.4) is 0 Å². The minimum Gasteiger partial charge on any atom is -0.395 e. The minimum atomic E-state index is -4.04. The van der Waals surface area contributed by atoms with Crippen LogP contribution in [0.15, 0.2) is 47.4 Å². The maximum absolute atomic E-state index is 12.8. The maximum atomic E-state index is 12.8. The van der Waals surface area contributed by atoms with Crippen LogP contribution in [0.25, 0.3) is 0 Å². The van der Waals surface area contributed by atoms with E-state index in [1.54, 1.807) is 17.0 Å². The van der Waals surface area contributed by atoms with Crippen LogP contribution in [-0.4, -0.2) is 44.1 Å². The van der Waals surface area contributed by atoms with Gasteiger partial charge in [-0.3, -0.25) is 19.6 Å². The lowest BCUT2D eigenvalue weighted by molar-refractivity contribution is -0.384. The molecule has 11 heteroatoms. The number of non-ortho nitro benzene ring substituents is 1. The van der Waals surface area contributed by atoms with Gasteiger partial charge in [-0.1, -0.05) is 0 Å². The third-order valence-corrected chi connectivity index (χ3v) is 5.80. The molecule has 1 saturated heterocycles. The summed E-state index contributed by atoms with van der Waals surface area (Å²) < 4.78 is 27.9. The predicted octanol–water partition coefficient (Wildman–Crippen LogP) is 1.93. The first kappa shape index (κ1) is 20.6. The van der Waals surface area contributed by atoms with Gasteiger partial charge < -0.3 is 15.3 Å². The van der Waals surface area contributed by atoms with E-state index >= 15 is 0 Å². The fourth-order valence-corrected chi connectivity index (χ4v) is 4.08. The molecule has 0 radical (unpaired) electrons. The summed E-state index contributed by atoms with van der Waals surface area (Å²) in [4.78, 5) is 23.8. The number of rotatable bonds is 8. The van der Waals surface area contributed by atoms with E-state index in [4.69, 9.17) is 5.11 Å². The van der Waals surface area contributed by atoms with Gasteiger partial charge in [-0.2, -0.15) is 0 Å². The smallest absolute Gasteiger partial charge is 0.271 e. The van der Waals surface area contributed by atoms with E-state index in [1.165, 1.54) is 24.3 Å². The molecule has 3 rings (SSSR count). The van der Waals surface area contributed by atoms with Gasteiger partial charge in [0.05, 0.1) is 27.8 Å². The number of sulfonamides is 1. The van der Waals surface area contributed by atoms with Crippen molar-refractivity contribution >= 4 is 38.7 Å². The second-order valence-corrected chi connectivity index (χ2v) is 8.07. The van der Waals surface area contributed by atoms with Crippen molar-refractivity contribution in [1.82, 2.24) is 0 Å². The molecular weight excluding hydrogens is 400 g/mol. The number of anilines is 3. The third-order valence-electron chi connectivity index (χ3n) is 4.42. The first-order valence-electron chi connectivity index (χ1n) is 8.88. The molecule has 2 aromatic carbocycles. The third kappa shape index (κ3) is 4.63. The summed E-state index contributed by atoms with van der Waals surface area (Å²) in [5, 5.41) is 22.8. The van der Waals surface area contributed by atoms with Gasteiger partial charge in [-0.15, -0.1) is 0 Å². The average Bonchev–Trinajstić information content (AvgIpc) is 3.12. The standard InChI is InChI=1S/C18H20N4O6S/c23-11-9-19-16-8-5-14(22(25)26)12-17(16)20-29(27,28)15-6-3-13(4-7-15)21-10-1-2-18(21)24/h3-8,12,19-20,23H,1-2,9-11H2. The van der Waals surface area contributed by atoms with Crippen LogP contribution in [-0.2, 0) is 14.8 Å². The number of amides is 1. The summed E-state index contributed by atoms with van der Waals surface area (Å²) >= 11 is 0. The topological polar surface area (TPSA) is 142 Å². The molecule has 0 saturated carbocycles. The number of benzene rings is 2. The van der Waals surface area contributed by atoms with Crippen LogP contribution in [0, 0.1) is 10.1 Å². The van der Waals surface area contributed by atoms with Crippen molar-refractivity contribution < 1.29 is 23.2 Å². The number of nitrogens with zero attached hydrogens (tertiary/aromatic N) is 2. The SMILES string of the molecule is O=C1CCCN1c1ccc(S(=O)(=O)Nc2cc([N+](=O)[O-])ccc2NCCO)cc1. The zero-order valence-electron chi connectivity index (χ0n) is 15.4. The summed E-state index contributed by atoms with van der Waals surface area (Å²) in [7, 11) is -4.04. The highest BCUT2D eigenvalue weighted by Crippen LogP contribution is 2.30. The lowest BCUT2D eigenvalue weighted by Gasteiger charge is -2.17. The number of hydrogen-bond acceptors (Lipinski definition) is 7. The number of nitro benzene ring substituents is 1. The van der Waals surface area contributed by atoms with Crippen LogP contribution in [0.4, 0.5) is 22.7 Å². The van der Waals surface area contributed by atoms with E-state index in [2.05, 4.69) is 10.0 Å². The molecular formula is C18H20N4O6S. The highest BCUT2D eigenvalue weighted by molar-refractivity contribution is 7.92. The van der Waals surface area contributed by atoms with Crippen molar-refractivity contribution in [2.24, 2.45) is 0 Å². The first-order valence-corrected chi connectivity index (χ1v) is 10.4. The van der Waals surface area contributed by atoms with Gasteiger partial charge in [-0.25, -0.2) is 8.42 Å². The molecule has 1 fully saturated rings. The molecule has 0 unspecified atom stereocenters. The van der Waals surface area contributed by atoms with Crippen LogP contribution >= 0.6 is 0 Å². The van der Waals surface area contributed by atoms with E-state index in [0.717, 1.165) is 12.5 Å². The summed E-state index contributed by atoms with van der Waals surface area (Å²) in [6, 6.07) is 9.57. The Morgan fingerprint density at radius 2 is 1.86 bits per heavy atom. The number of aliphatic hydroxyl groups is 1. The molecule has 1 amide bonds.